The van der Waals surface area contributed by atoms with Gasteiger partial charge < -0.3 is 20.4 Å². The minimum atomic E-state index is 0.572. The van der Waals surface area contributed by atoms with Gasteiger partial charge >= 0.3 is 0 Å². The fourth-order valence-corrected chi connectivity index (χ4v) is 4.40. The van der Waals surface area contributed by atoms with Gasteiger partial charge in [-0.25, -0.2) is 15.0 Å². The molecule has 2 aromatic heterocycles. The maximum absolute atomic E-state index is 6.24. The summed E-state index contributed by atoms with van der Waals surface area (Å²) in [5.74, 6) is 2.52. The third kappa shape index (κ3) is 4.55. The second kappa shape index (κ2) is 8.77. The molecule has 8 heteroatoms. The summed E-state index contributed by atoms with van der Waals surface area (Å²) in [6, 6.07) is 4.24. The van der Waals surface area contributed by atoms with E-state index in [1.54, 1.807) is 11.3 Å². The third-order valence-corrected chi connectivity index (χ3v) is 6.47. The van der Waals surface area contributed by atoms with Crippen molar-refractivity contribution in [1.29, 1.82) is 0 Å². The lowest BCUT2D eigenvalue weighted by atomic mass is 9.99. The maximum atomic E-state index is 6.24. The largest absolute Gasteiger partial charge is 0.370 e. The van der Waals surface area contributed by atoms with E-state index < -0.39 is 0 Å². The number of hydrogen-bond donors (Lipinski definition) is 1. The topological polar surface area (TPSA) is 73.9 Å². The van der Waals surface area contributed by atoms with Crippen molar-refractivity contribution in [3.05, 3.63) is 35.5 Å². The SMILES string of the molecule is CC1CCN(c2ccc(CN=C(N)N3CCN(c4nccs4)CC3)cn2)CC1. The maximum Gasteiger partial charge on any atom is 0.191 e. The van der Waals surface area contributed by atoms with Crippen molar-refractivity contribution >= 4 is 28.2 Å². The van der Waals surface area contributed by atoms with E-state index in [0.717, 1.165) is 61.7 Å². The zero-order valence-corrected chi connectivity index (χ0v) is 17.3. The van der Waals surface area contributed by atoms with E-state index in [9.17, 15) is 0 Å². The number of aliphatic imine (C=N–C) groups is 1. The molecule has 4 rings (SSSR count). The Hall–Kier alpha value is -2.35. The monoisotopic (exact) mass is 399 g/mol. The lowest BCUT2D eigenvalue weighted by Crippen LogP contribution is -2.51. The molecule has 0 radical (unpaired) electrons. The van der Waals surface area contributed by atoms with Crippen LogP contribution in [-0.4, -0.2) is 60.1 Å². The van der Waals surface area contributed by atoms with Crippen LogP contribution in [0.1, 0.15) is 25.3 Å². The van der Waals surface area contributed by atoms with Gasteiger partial charge in [-0.3, -0.25) is 0 Å². The first kappa shape index (κ1) is 19.0. The second-order valence-corrected chi connectivity index (χ2v) is 8.53. The Morgan fingerprint density at radius 1 is 1.11 bits per heavy atom. The number of aromatic nitrogens is 2. The van der Waals surface area contributed by atoms with Gasteiger partial charge in [-0.1, -0.05) is 13.0 Å². The highest BCUT2D eigenvalue weighted by molar-refractivity contribution is 7.13. The van der Waals surface area contributed by atoms with Gasteiger partial charge in [-0.2, -0.15) is 0 Å². The summed E-state index contributed by atoms with van der Waals surface area (Å²) in [6.45, 7) is 8.71. The van der Waals surface area contributed by atoms with Crippen LogP contribution in [-0.2, 0) is 6.54 Å². The van der Waals surface area contributed by atoms with Gasteiger partial charge in [0.2, 0.25) is 0 Å². The first-order valence-corrected chi connectivity index (χ1v) is 11.0. The summed E-state index contributed by atoms with van der Waals surface area (Å²) in [6.07, 6.45) is 6.29. The van der Waals surface area contributed by atoms with E-state index in [1.807, 2.05) is 17.8 Å². The first-order valence-electron chi connectivity index (χ1n) is 10.1. The smallest absolute Gasteiger partial charge is 0.191 e. The van der Waals surface area contributed by atoms with Crippen LogP contribution in [0.4, 0.5) is 10.9 Å². The van der Waals surface area contributed by atoms with Gasteiger partial charge in [-0.05, 0) is 30.4 Å². The van der Waals surface area contributed by atoms with Crippen molar-refractivity contribution < 1.29 is 0 Å². The standard InChI is InChI=1S/C20H29N7S/c1-16-4-7-25(8-5-16)18-3-2-17(14-23-18)15-24-19(21)26-9-11-27(12-10-26)20-22-6-13-28-20/h2-3,6,13-14,16H,4-5,7-12,15H2,1H3,(H2,21,24). The Balaban J connectivity index is 1.28. The summed E-state index contributed by atoms with van der Waals surface area (Å²) in [5.41, 5.74) is 7.33. The number of piperidine rings is 1. The van der Waals surface area contributed by atoms with Crippen LogP contribution in [0.25, 0.3) is 0 Å². The second-order valence-electron chi connectivity index (χ2n) is 7.66. The lowest BCUT2D eigenvalue weighted by molar-refractivity contribution is 0.380. The molecule has 0 bridgehead atoms. The molecule has 2 aromatic rings. The number of rotatable bonds is 4. The third-order valence-electron chi connectivity index (χ3n) is 5.63. The zero-order valence-electron chi connectivity index (χ0n) is 16.5. The van der Waals surface area contributed by atoms with Gasteiger partial charge in [0, 0.05) is 57.0 Å². The number of nitrogens with zero attached hydrogens (tertiary/aromatic N) is 6. The number of thiazole rings is 1. The van der Waals surface area contributed by atoms with Crippen LogP contribution in [0.5, 0.6) is 0 Å². The van der Waals surface area contributed by atoms with E-state index in [4.69, 9.17) is 5.73 Å². The Kier molecular flexibility index (Phi) is 5.95. The molecule has 7 nitrogen and oxygen atoms in total. The Morgan fingerprint density at radius 3 is 2.54 bits per heavy atom. The Morgan fingerprint density at radius 2 is 1.89 bits per heavy atom. The highest BCUT2D eigenvalue weighted by Crippen LogP contribution is 2.21. The average Bonchev–Trinajstić information content (AvgIpc) is 3.28. The van der Waals surface area contributed by atoms with E-state index in [1.165, 1.54) is 12.8 Å². The molecule has 4 heterocycles. The molecule has 2 aliphatic heterocycles. The van der Waals surface area contributed by atoms with Crippen molar-refractivity contribution in [2.75, 3.05) is 49.1 Å². The fraction of sp³-hybridized carbons (Fsp3) is 0.550. The van der Waals surface area contributed by atoms with E-state index in [2.05, 4.69) is 48.7 Å². The molecule has 2 N–H and O–H groups in total. The first-order chi connectivity index (χ1) is 13.7. The molecule has 0 aromatic carbocycles. The quantitative estimate of drug-likeness (QED) is 0.629. The molecule has 2 aliphatic rings. The molecular formula is C20H29N7S. The summed E-state index contributed by atoms with van der Waals surface area (Å²) >= 11 is 1.68. The van der Waals surface area contributed by atoms with Crippen LogP contribution in [0.15, 0.2) is 34.9 Å². The molecule has 0 aliphatic carbocycles. The molecule has 2 fully saturated rings. The minimum absolute atomic E-state index is 0.572. The van der Waals surface area contributed by atoms with Crippen molar-refractivity contribution in [3.63, 3.8) is 0 Å². The van der Waals surface area contributed by atoms with Gasteiger partial charge in [0.15, 0.2) is 11.1 Å². The zero-order chi connectivity index (χ0) is 19.3. The van der Waals surface area contributed by atoms with E-state index in [0.29, 0.717) is 12.5 Å². The molecule has 0 atom stereocenters. The number of pyridine rings is 1. The predicted molar refractivity (Wildman–Crippen MR) is 116 cm³/mol. The molecule has 28 heavy (non-hydrogen) atoms. The number of guanidine groups is 1. The van der Waals surface area contributed by atoms with Crippen LogP contribution >= 0.6 is 11.3 Å². The van der Waals surface area contributed by atoms with Crippen molar-refractivity contribution in [3.8, 4) is 0 Å². The van der Waals surface area contributed by atoms with Crippen LogP contribution in [0.3, 0.4) is 0 Å². The Labute approximate surface area is 170 Å². The highest BCUT2D eigenvalue weighted by atomic mass is 32.1. The molecule has 0 spiro atoms. The Bertz CT molecular complexity index is 758. The van der Waals surface area contributed by atoms with Crippen LogP contribution in [0, 0.1) is 5.92 Å². The molecule has 0 saturated carbocycles. The molecule has 150 valence electrons. The summed E-state index contributed by atoms with van der Waals surface area (Å²) in [4.78, 5) is 20.5. The molecule has 0 amide bonds. The van der Waals surface area contributed by atoms with E-state index in [-0.39, 0.29) is 0 Å². The molecule has 0 unspecified atom stereocenters. The van der Waals surface area contributed by atoms with Crippen LogP contribution < -0.4 is 15.5 Å². The number of piperazine rings is 1. The van der Waals surface area contributed by atoms with Gasteiger partial charge in [0.05, 0.1) is 6.54 Å². The molecular weight excluding hydrogens is 370 g/mol. The van der Waals surface area contributed by atoms with Gasteiger partial charge in [0.25, 0.3) is 0 Å². The van der Waals surface area contributed by atoms with Gasteiger partial charge in [-0.15, -0.1) is 11.3 Å². The average molecular weight is 400 g/mol. The molecule has 2 saturated heterocycles. The summed E-state index contributed by atoms with van der Waals surface area (Å²) in [5, 5.41) is 3.10. The predicted octanol–water partition coefficient (Wildman–Crippen LogP) is 2.41. The van der Waals surface area contributed by atoms with E-state index >= 15 is 0 Å². The number of anilines is 2. The summed E-state index contributed by atoms with van der Waals surface area (Å²) in [7, 11) is 0. The van der Waals surface area contributed by atoms with Crippen LogP contribution in [0.2, 0.25) is 0 Å². The van der Waals surface area contributed by atoms with Gasteiger partial charge in [0.1, 0.15) is 5.82 Å². The van der Waals surface area contributed by atoms with Crippen molar-refractivity contribution in [2.45, 2.75) is 26.3 Å². The van der Waals surface area contributed by atoms with Crippen molar-refractivity contribution in [2.24, 2.45) is 16.6 Å². The summed E-state index contributed by atoms with van der Waals surface area (Å²) < 4.78 is 0. The number of hydrogen-bond acceptors (Lipinski definition) is 6. The minimum Gasteiger partial charge on any atom is -0.370 e. The fourth-order valence-electron chi connectivity index (χ4n) is 3.71. The number of nitrogens with two attached hydrogens (primary N) is 1. The lowest BCUT2D eigenvalue weighted by Gasteiger charge is -2.35. The van der Waals surface area contributed by atoms with Crippen molar-refractivity contribution in [1.82, 2.24) is 14.9 Å². The normalized spacial score (nSPS) is 19.3. The highest BCUT2D eigenvalue weighted by Gasteiger charge is 2.20.